The maximum Gasteiger partial charge on any atom is 0.131 e. The number of aliphatic hydroxyl groups excluding tert-OH is 1. The Balaban J connectivity index is 2.22. The molecule has 0 aliphatic carbocycles. The van der Waals surface area contributed by atoms with Gasteiger partial charge in [0.05, 0.1) is 13.2 Å². The minimum Gasteiger partial charge on any atom is -0.497 e. The molecule has 0 aliphatic rings. The fourth-order valence-electron chi connectivity index (χ4n) is 1.91. The summed E-state index contributed by atoms with van der Waals surface area (Å²) in [6.45, 7) is 1.67. The maximum atomic E-state index is 13.7. The van der Waals surface area contributed by atoms with E-state index in [0.717, 1.165) is 0 Å². The topological polar surface area (TPSA) is 38.7 Å². The molecule has 112 valence electrons. The van der Waals surface area contributed by atoms with Crippen LogP contribution in [0.25, 0.3) is 0 Å². The Morgan fingerprint density at radius 3 is 2.62 bits per heavy atom. The van der Waals surface area contributed by atoms with Crippen molar-refractivity contribution in [3.8, 4) is 11.5 Å². The second-order valence-corrected chi connectivity index (χ2v) is 5.04. The van der Waals surface area contributed by atoms with E-state index in [4.69, 9.17) is 21.1 Å². The third-order valence-corrected chi connectivity index (χ3v) is 3.30. The van der Waals surface area contributed by atoms with Crippen molar-refractivity contribution in [1.82, 2.24) is 0 Å². The molecule has 2 aromatic rings. The van der Waals surface area contributed by atoms with Gasteiger partial charge in [0.15, 0.2) is 0 Å². The van der Waals surface area contributed by atoms with Gasteiger partial charge < -0.3 is 14.6 Å². The van der Waals surface area contributed by atoms with Gasteiger partial charge in [-0.3, -0.25) is 0 Å². The summed E-state index contributed by atoms with van der Waals surface area (Å²) in [6, 6.07) is 9.52. The molecular weight excluding hydrogens is 295 g/mol. The minimum atomic E-state index is -0.694. The van der Waals surface area contributed by atoms with E-state index in [9.17, 15) is 9.50 Å². The van der Waals surface area contributed by atoms with Crippen LogP contribution in [-0.2, 0) is 6.61 Å². The summed E-state index contributed by atoms with van der Waals surface area (Å²) in [5, 5.41) is 10.1. The molecule has 0 heterocycles. The number of methoxy groups -OCH3 is 1. The van der Waals surface area contributed by atoms with Crippen molar-refractivity contribution in [2.75, 3.05) is 7.11 Å². The summed E-state index contributed by atoms with van der Waals surface area (Å²) in [6.07, 6.45) is -0.694. The largest absolute Gasteiger partial charge is 0.497 e. The van der Waals surface area contributed by atoms with Crippen LogP contribution in [0.4, 0.5) is 4.39 Å². The van der Waals surface area contributed by atoms with E-state index < -0.39 is 11.9 Å². The van der Waals surface area contributed by atoms with E-state index in [1.54, 1.807) is 44.4 Å². The molecule has 1 N–H and O–H groups in total. The number of halogens is 2. The molecule has 21 heavy (non-hydrogen) atoms. The van der Waals surface area contributed by atoms with E-state index in [2.05, 4.69) is 0 Å². The first-order valence-electron chi connectivity index (χ1n) is 6.44. The SMILES string of the molecule is COc1ccc([C@H](C)O)c(OCc2ccc(Cl)cc2F)c1. The highest BCUT2D eigenvalue weighted by Crippen LogP contribution is 2.30. The summed E-state index contributed by atoms with van der Waals surface area (Å²) < 4.78 is 24.5. The molecule has 0 saturated heterocycles. The first-order chi connectivity index (χ1) is 10.0. The molecule has 0 aliphatic heterocycles. The van der Waals surface area contributed by atoms with E-state index >= 15 is 0 Å². The molecule has 2 rings (SSSR count). The second kappa shape index (κ2) is 6.78. The van der Waals surface area contributed by atoms with Gasteiger partial charge in [0.1, 0.15) is 23.9 Å². The Bertz CT molecular complexity index is 629. The van der Waals surface area contributed by atoms with Gasteiger partial charge in [0, 0.05) is 22.2 Å². The molecular formula is C16H16ClFO3. The van der Waals surface area contributed by atoms with Crippen molar-refractivity contribution in [1.29, 1.82) is 0 Å². The first-order valence-corrected chi connectivity index (χ1v) is 6.81. The number of hydrogen-bond donors (Lipinski definition) is 1. The number of ether oxygens (including phenoxy) is 2. The van der Waals surface area contributed by atoms with Crippen LogP contribution in [-0.4, -0.2) is 12.2 Å². The number of rotatable bonds is 5. The van der Waals surface area contributed by atoms with Crippen molar-refractivity contribution in [3.63, 3.8) is 0 Å². The van der Waals surface area contributed by atoms with E-state index in [1.807, 2.05) is 0 Å². The fraction of sp³-hybridized carbons (Fsp3) is 0.250. The number of benzene rings is 2. The summed E-state index contributed by atoms with van der Waals surface area (Å²) >= 11 is 5.71. The number of hydrogen-bond acceptors (Lipinski definition) is 3. The lowest BCUT2D eigenvalue weighted by Gasteiger charge is -2.15. The van der Waals surface area contributed by atoms with Crippen molar-refractivity contribution in [2.45, 2.75) is 19.6 Å². The maximum absolute atomic E-state index is 13.7. The van der Waals surface area contributed by atoms with Crippen LogP contribution in [0.2, 0.25) is 5.02 Å². The zero-order valence-electron chi connectivity index (χ0n) is 11.8. The molecule has 0 bridgehead atoms. The van der Waals surface area contributed by atoms with Gasteiger partial charge in [-0.1, -0.05) is 17.7 Å². The van der Waals surface area contributed by atoms with Crippen molar-refractivity contribution in [2.24, 2.45) is 0 Å². The summed E-state index contributed by atoms with van der Waals surface area (Å²) in [5.74, 6) is 0.633. The Morgan fingerprint density at radius 2 is 2.00 bits per heavy atom. The summed E-state index contributed by atoms with van der Waals surface area (Å²) in [7, 11) is 1.54. The predicted molar refractivity (Wildman–Crippen MR) is 79.4 cm³/mol. The van der Waals surface area contributed by atoms with Crippen LogP contribution in [0.15, 0.2) is 36.4 Å². The minimum absolute atomic E-state index is 0.0376. The Hall–Kier alpha value is -1.78. The molecule has 0 fully saturated rings. The van der Waals surface area contributed by atoms with Crippen LogP contribution in [0, 0.1) is 5.82 Å². The lowest BCUT2D eigenvalue weighted by molar-refractivity contribution is 0.189. The molecule has 0 amide bonds. The van der Waals surface area contributed by atoms with Crippen molar-refractivity contribution < 1.29 is 19.0 Å². The Morgan fingerprint density at radius 1 is 1.24 bits per heavy atom. The molecule has 0 spiro atoms. The predicted octanol–water partition coefficient (Wildman–Crippen LogP) is 4.12. The summed E-state index contributed by atoms with van der Waals surface area (Å²) in [5.41, 5.74) is 1.00. The monoisotopic (exact) mass is 310 g/mol. The highest BCUT2D eigenvalue weighted by molar-refractivity contribution is 6.30. The normalized spacial score (nSPS) is 12.0. The smallest absolute Gasteiger partial charge is 0.131 e. The first kappa shape index (κ1) is 15.6. The molecule has 0 aromatic heterocycles. The molecule has 0 radical (unpaired) electrons. The van der Waals surface area contributed by atoms with Gasteiger partial charge in [0.2, 0.25) is 0 Å². The summed E-state index contributed by atoms with van der Waals surface area (Å²) in [4.78, 5) is 0. The average molecular weight is 311 g/mol. The van der Waals surface area contributed by atoms with Gasteiger partial charge in [-0.25, -0.2) is 4.39 Å². The number of aliphatic hydroxyl groups is 1. The van der Waals surface area contributed by atoms with Crippen LogP contribution in [0.1, 0.15) is 24.2 Å². The molecule has 0 saturated carbocycles. The fourth-order valence-corrected chi connectivity index (χ4v) is 2.06. The van der Waals surface area contributed by atoms with Crippen LogP contribution < -0.4 is 9.47 Å². The molecule has 0 unspecified atom stereocenters. The Kier molecular flexibility index (Phi) is 5.04. The quantitative estimate of drug-likeness (QED) is 0.903. The Labute approximate surface area is 127 Å². The molecule has 2 aromatic carbocycles. The van der Waals surface area contributed by atoms with Gasteiger partial charge in [-0.15, -0.1) is 0 Å². The van der Waals surface area contributed by atoms with E-state index in [-0.39, 0.29) is 6.61 Å². The molecule has 5 heteroatoms. The molecule has 1 atom stereocenters. The molecule has 3 nitrogen and oxygen atoms in total. The highest BCUT2D eigenvalue weighted by atomic mass is 35.5. The van der Waals surface area contributed by atoms with Gasteiger partial charge >= 0.3 is 0 Å². The van der Waals surface area contributed by atoms with Gasteiger partial charge in [0.25, 0.3) is 0 Å². The van der Waals surface area contributed by atoms with Crippen molar-refractivity contribution in [3.05, 3.63) is 58.4 Å². The highest BCUT2D eigenvalue weighted by Gasteiger charge is 2.12. The van der Waals surface area contributed by atoms with Crippen LogP contribution in [0.5, 0.6) is 11.5 Å². The van der Waals surface area contributed by atoms with E-state index in [1.165, 1.54) is 6.07 Å². The zero-order valence-corrected chi connectivity index (χ0v) is 12.5. The van der Waals surface area contributed by atoms with Gasteiger partial charge in [-0.05, 0) is 31.2 Å². The standard InChI is InChI=1S/C16H16ClFO3/c1-10(19)14-6-5-13(20-2)8-16(14)21-9-11-3-4-12(17)7-15(11)18/h3-8,10,19H,9H2,1-2H3/t10-/m0/s1. The van der Waals surface area contributed by atoms with E-state index in [0.29, 0.717) is 27.6 Å². The van der Waals surface area contributed by atoms with Crippen molar-refractivity contribution >= 4 is 11.6 Å². The zero-order chi connectivity index (χ0) is 15.4. The van der Waals surface area contributed by atoms with Crippen LogP contribution in [0.3, 0.4) is 0 Å². The lowest BCUT2D eigenvalue weighted by Crippen LogP contribution is -2.03. The average Bonchev–Trinajstić information content (AvgIpc) is 2.45. The third kappa shape index (κ3) is 3.86. The van der Waals surface area contributed by atoms with Crippen LogP contribution >= 0.6 is 11.6 Å². The lowest BCUT2D eigenvalue weighted by atomic mass is 10.1. The van der Waals surface area contributed by atoms with Gasteiger partial charge in [-0.2, -0.15) is 0 Å². The third-order valence-electron chi connectivity index (χ3n) is 3.07. The second-order valence-electron chi connectivity index (χ2n) is 4.60.